The topological polar surface area (TPSA) is 41.6 Å². The van der Waals surface area contributed by atoms with Gasteiger partial charge in [0.15, 0.2) is 0 Å². The molecule has 2 fully saturated rings. The molecule has 19 heavy (non-hydrogen) atoms. The Kier molecular flexibility index (Phi) is 7.73. The zero-order valence-electron chi connectivity index (χ0n) is 11.9. The van der Waals surface area contributed by atoms with Crippen LogP contribution in [0.15, 0.2) is 0 Å². The van der Waals surface area contributed by atoms with Crippen LogP contribution < -0.4 is 5.32 Å². The van der Waals surface area contributed by atoms with Crippen LogP contribution in [0.25, 0.3) is 0 Å². The summed E-state index contributed by atoms with van der Waals surface area (Å²) in [5.74, 6) is 0.281. The molecule has 2 saturated heterocycles. The van der Waals surface area contributed by atoms with E-state index >= 15 is 0 Å². The van der Waals surface area contributed by atoms with Gasteiger partial charge in [-0.1, -0.05) is 6.92 Å². The number of amides is 1. The van der Waals surface area contributed by atoms with Crippen molar-refractivity contribution in [1.82, 2.24) is 10.2 Å². The fraction of sp³-hybridized carbons (Fsp3) is 0.929. The summed E-state index contributed by atoms with van der Waals surface area (Å²) in [4.78, 5) is 14.4. The summed E-state index contributed by atoms with van der Waals surface area (Å²) in [5, 5.41) is 3.30. The first-order chi connectivity index (χ1) is 8.81. The van der Waals surface area contributed by atoms with Crippen LogP contribution in [0, 0.1) is 0 Å². The maximum atomic E-state index is 12.4. The number of carbonyl (C=O) groups excluding carboxylic acids is 1. The highest BCUT2D eigenvalue weighted by Gasteiger charge is 2.28. The van der Waals surface area contributed by atoms with Gasteiger partial charge in [-0.3, -0.25) is 4.79 Å². The van der Waals surface area contributed by atoms with Gasteiger partial charge < -0.3 is 15.0 Å². The Morgan fingerprint density at radius 3 is 2.74 bits per heavy atom. The van der Waals surface area contributed by atoms with E-state index in [9.17, 15) is 4.79 Å². The Labute approximate surface area is 122 Å². The minimum atomic E-state index is 0. The number of carbonyl (C=O) groups is 1. The van der Waals surface area contributed by atoms with Crippen LogP contribution in [0.5, 0.6) is 0 Å². The molecule has 112 valence electrons. The second kappa shape index (κ2) is 8.77. The molecule has 2 aliphatic heterocycles. The minimum Gasteiger partial charge on any atom is -0.376 e. The lowest BCUT2D eigenvalue weighted by atomic mass is 10.1. The first kappa shape index (κ1) is 16.7. The van der Waals surface area contributed by atoms with Crippen LogP contribution in [0.3, 0.4) is 0 Å². The molecule has 0 aliphatic carbocycles. The van der Waals surface area contributed by atoms with Gasteiger partial charge in [0.1, 0.15) is 0 Å². The summed E-state index contributed by atoms with van der Waals surface area (Å²) >= 11 is 0. The Morgan fingerprint density at radius 2 is 2.16 bits per heavy atom. The van der Waals surface area contributed by atoms with Gasteiger partial charge in [-0.25, -0.2) is 0 Å². The number of nitrogens with zero attached hydrogens (tertiary/aromatic N) is 1. The highest BCUT2D eigenvalue weighted by Crippen LogP contribution is 2.16. The van der Waals surface area contributed by atoms with Gasteiger partial charge in [0, 0.05) is 19.7 Å². The predicted molar refractivity (Wildman–Crippen MR) is 78.7 cm³/mol. The summed E-state index contributed by atoms with van der Waals surface area (Å²) in [6, 6.07) is 0.0557. The van der Waals surface area contributed by atoms with Crippen molar-refractivity contribution in [3.8, 4) is 0 Å². The zero-order valence-corrected chi connectivity index (χ0v) is 12.7. The molecule has 0 radical (unpaired) electrons. The second-order valence-electron chi connectivity index (χ2n) is 5.42. The van der Waals surface area contributed by atoms with Crippen molar-refractivity contribution in [3.05, 3.63) is 0 Å². The molecule has 0 aromatic rings. The van der Waals surface area contributed by atoms with E-state index in [1.165, 1.54) is 12.8 Å². The molecule has 0 spiro atoms. The Bertz CT molecular complexity index is 264. The van der Waals surface area contributed by atoms with Crippen LogP contribution in [-0.4, -0.2) is 49.2 Å². The van der Waals surface area contributed by atoms with E-state index in [0.29, 0.717) is 0 Å². The number of nitrogens with one attached hydrogen (secondary N) is 1. The van der Waals surface area contributed by atoms with Gasteiger partial charge in [-0.15, -0.1) is 12.4 Å². The Hall–Kier alpha value is -0.320. The molecule has 2 aliphatic rings. The normalized spacial score (nSPS) is 26.8. The van der Waals surface area contributed by atoms with Crippen molar-refractivity contribution >= 4 is 18.3 Å². The lowest BCUT2D eigenvalue weighted by molar-refractivity contribution is -0.135. The SMILES string of the molecule is CCCN(CC1CCCCO1)C(=O)C1CCCN1.Cl. The summed E-state index contributed by atoms with van der Waals surface area (Å²) in [5.41, 5.74) is 0. The summed E-state index contributed by atoms with van der Waals surface area (Å²) in [6.45, 7) is 5.61. The Morgan fingerprint density at radius 1 is 1.32 bits per heavy atom. The number of rotatable bonds is 5. The average molecular weight is 291 g/mol. The van der Waals surface area contributed by atoms with Gasteiger partial charge in [-0.2, -0.15) is 0 Å². The highest BCUT2D eigenvalue weighted by molar-refractivity contribution is 5.85. The van der Waals surface area contributed by atoms with Crippen LogP contribution in [0.2, 0.25) is 0 Å². The van der Waals surface area contributed by atoms with Crippen molar-refractivity contribution in [3.63, 3.8) is 0 Å². The zero-order chi connectivity index (χ0) is 12.8. The number of ether oxygens (including phenoxy) is 1. The largest absolute Gasteiger partial charge is 0.376 e. The fourth-order valence-electron chi connectivity index (χ4n) is 2.87. The number of hydrogen-bond acceptors (Lipinski definition) is 3. The smallest absolute Gasteiger partial charge is 0.239 e. The van der Waals surface area contributed by atoms with Crippen molar-refractivity contribution in [2.24, 2.45) is 0 Å². The molecule has 0 bridgehead atoms. The third-order valence-corrected chi connectivity index (χ3v) is 3.86. The number of hydrogen-bond donors (Lipinski definition) is 1. The minimum absolute atomic E-state index is 0. The first-order valence-electron chi connectivity index (χ1n) is 7.45. The molecule has 0 aromatic heterocycles. The molecule has 1 amide bonds. The van der Waals surface area contributed by atoms with Crippen LogP contribution in [-0.2, 0) is 9.53 Å². The van der Waals surface area contributed by atoms with E-state index in [2.05, 4.69) is 12.2 Å². The van der Waals surface area contributed by atoms with Crippen molar-refractivity contribution < 1.29 is 9.53 Å². The summed E-state index contributed by atoms with van der Waals surface area (Å²) in [7, 11) is 0. The quantitative estimate of drug-likeness (QED) is 0.842. The molecule has 2 heterocycles. The van der Waals surface area contributed by atoms with Crippen molar-refractivity contribution in [2.45, 2.75) is 57.6 Å². The highest BCUT2D eigenvalue weighted by atomic mass is 35.5. The molecule has 0 aromatic carbocycles. The Balaban J connectivity index is 0.00000180. The third-order valence-electron chi connectivity index (χ3n) is 3.86. The van der Waals surface area contributed by atoms with Crippen molar-refractivity contribution in [2.75, 3.05) is 26.2 Å². The van der Waals surface area contributed by atoms with Gasteiger partial charge in [0.05, 0.1) is 12.1 Å². The number of halogens is 1. The van der Waals surface area contributed by atoms with E-state index < -0.39 is 0 Å². The molecule has 2 rings (SSSR count). The fourth-order valence-corrected chi connectivity index (χ4v) is 2.87. The average Bonchev–Trinajstić information content (AvgIpc) is 2.92. The molecule has 4 nitrogen and oxygen atoms in total. The van der Waals surface area contributed by atoms with Gasteiger partial charge >= 0.3 is 0 Å². The molecular formula is C14H27ClN2O2. The molecule has 1 N–H and O–H groups in total. The summed E-state index contributed by atoms with van der Waals surface area (Å²) < 4.78 is 5.75. The van der Waals surface area contributed by atoms with E-state index in [0.717, 1.165) is 51.9 Å². The maximum Gasteiger partial charge on any atom is 0.239 e. The second-order valence-corrected chi connectivity index (χ2v) is 5.42. The molecule has 2 unspecified atom stereocenters. The van der Waals surface area contributed by atoms with Crippen LogP contribution >= 0.6 is 12.4 Å². The van der Waals surface area contributed by atoms with E-state index in [1.54, 1.807) is 0 Å². The van der Waals surface area contributed by atoms with E-state index in [-0.39, 0.29) is 30.5 Å². The third kappa shape index (κ3) is 4.93. The lowest BCUT2D eigenvalue weighted by Crippen LogP contribution is -2.47. The van der Waals surface area contributed by atoms with Gasteiger partial charge in [0.25, 0.3) is 0 Å². The summed E-state index contributed by atoms with van der Waals surface area (Å²) in [6.07, 6.45) is 6.90. The maximum absolute atomic E-state index is 12.4. The van der Waals surface area contributed by atoms with E-state index in [4.69, 9.17) is 4.74 Å². The molecular weight excluding hydrogens is 264 g/mol. The lowest BCUT2D eigenvalue weighted by Gasteiger charge is -2.31. The van der Waals surface area contributed by atoms with E-state index in [1.807, 2.05) is 4.90 Å². The first-order valence-corrected chi connectivity index (χ1v) is 7.45. The van der Waals surface area contributed by atoms with Gasteiger partial charge in [0.2, 0.25) is 5.91 Å². The predicted octanol–water partition coefficient (Wildman–Crippen LogP) is 1.97. The van der Waals surface area contributed by atoms with Crippen molar-refractivity contribution in [1.29, 1.82) is 0 Å². The van der Waals surface area contributed by atoms with Crippen LogP contribution in [0.1, 0.15) is 45.4 Å². The monoisotopic (exact) mass is 290 g/mol. The molecule has 2 atom stereocenters. The van der Waals surface area contributed by atoms with Gasteiger partial charge in [-0.05, 0) is 45.1 Å². The van der Waals surface area contributed by atoms with Crippen LogP contribution in [0.4, 0.5) is 0 Å². The molecule has 0 saturated carbocycles. The molecule has 5 heteroatoms. The standard InChI is InChI=1S/C14H26N2O2.ClH/c1-2-9-16(11-12-6-3-4-10-18-12)14(17)13-7-5-8-15-13;/h12-13,15H,2-11H2,1H3;1H.